The van der Waals surface area contributed by atoms with Crippen molar-refractivity contribution >= 4 is 0 Å². The van der Waals surface area contributed by atoms with Crippen molar-refractivity contribution in [1.29, 1.82) is 0 Å². The number of rotatable bonds is 1. The molecule has 0 N–H and O–H groups in total. The maximum atomic E-state index is 9.92. The van der Waals surface area contributed by atoms with Crippen LogP contribution in [0.15, 0.2) is 0 Å². The molecule has 7 heavy (non-hydrogen) atoms. The van der Waals surface area contributed by atoms with Crippen molar-refractivity contribution in [2.24, 2.45) is 0 Å². The second-order valence-electron chi connectivity index (χ2n) is 0.871. The van der Waals surface area contributed by atoms with Gasteiger partial charge in [0.1, 0.15) is 0 Å². The molecular formula is C2H3KO4. The molecule has 1 saturated heterocycles. The summed E-state index contributed by atoms with van der Waals surface area (Å²) in [5.41, 5.74) is 0. The fraction of sp³-hybridized carbons (Fsp3) is 1.00. The van der Waals surface area contributed by atoms with Gasteiger partial charge in [-0.15, -0.1) is 0 Å². The van der Waals surface area contributed by atoms with Crippen molar-refractivity contribution in [3.05, 3.63) is 0 Å². The molecule has 0 radical (unpaired) electrons. The van der Waals surface area contributed by atoms with E-state index in [9.17, 15) is 5.11 Å². The first-order valence-electron chi connectivity index (χ1n) is 1.39. The summed E-state index contributed by atoms with van der Waals surface area (Å²) in [4.78, 5) is 7.53. The molecule has 0 bridgehead atoms. The molecule has 5 heteroatoms. The topological polar surface area (TPSA) is 57.4 Å². The molecule has 1 aliphatic rings. The van der Waals surface area contributed by atoms with Crippen molar-refractivity contribution in [3.63, 3.8) is 0 Å². The van der Waals surface area contributed by atoms with Crippen LogP contribution in [0.4, 0.5) is 0 Å². The van der Waals surface area contributed by atoms with Gasteiger partial charge in [-0.1, -0.05) is 0 Å². The Labute approximate surface area is 83.1 Å². The second-order valence-corrected chi connectivity index (χ2v) is 0.871. The van der Waals surface area contributed by atoms with E-state index in [1.165, 1.54) is 7.11 Å². The van der Waals surface area contributed by atoms with Gasteiger partial charge in [0.15, 0.2) is 0 Å². The maximum absolute atomic E-state index is 9.92. The predicted octanol–water partition coefficient (Wildman–Crippen LogP) is -4.43. The number of ether oxygens (including phenoxy) is 1. The summed E-state index contributed by atoms with van der Waals surface area (Å²) in [6, 6.07) is 0. The van der Waals surface area contributed by atoms with Crippen molar-refractivity contribution in [2.75, 3.05) is 7.11 Å². The summed E-state index contributed by atoms with van der Waals surface area (Å²) in [6.07, 6.45) is -1.96. The van der Waals surface area contributed by atoms with E-state index in [0.717, 1.165) is 0 Å². The van der Waals surface area contributed by atoms with Crippen molar-refractivity contribution < 1.29 is 71.0 Å². The molecule has 1 heterocycles. The first kappa shape index (κ1) is 8.48. The zero-order chi connectivity index (χ0) is 4.62. The average molecular weight is 130 g/mol. The average Bonchev–Trinajstić information content (AvgIpc) is 2.22. The Kier molecular flexibility index (Phi) is 3.46. The van der Waals surface area contributed by atoms with E-state index in [-0.39, 0.29) is 51.4 Å². The third-order valence-corrected chi connectivity index (χ3v) is 0.469. The van der Waals surface area contributed by atoms with Crippen LogP contribution < -0.4 is 56.5 Å². The van der Waals surface area contributed by atoms with Crippen LogP contribution in [0.3, 0.4) is 0 Å². The first-order valence-corrected chi connectivity index (χ1v) is 1.39. The van der Waals surface area contributed by atoms with Crippen LogP contribution in [0.2, 0.25) is 0 Å². The quantitative estimate of drug-likeness (QED) is 0.155. The van der Waals surface area contributed by atoms with Crippen molar-refractivity contribution in [1.82, 2.24) is 0 Å². The smallest absolute Gasteiger partial charge is 0.778 e. The van der Waals surface area contributed by atoms with Crippen LogP contribution >= 0.6 is 0 Å². The molecule has 0 aromatic rings. The molecule has 1 aliphatic heterocycles. The van der Waals surface area contributed by atoms with Crippen molar-refractivity contribution in [3.8, 4) is 0 Å². The van der Waals surface area contributed by atoms with Crippen LogP contribution in [0.5, 0.6) is 0 Å². The SMILES string of the molecule is COC1([O-])OO1.[K+]. The number of methoxy groups -OCH3 is 1. The summed E-state index contributed by atoms with van der Waals surface area (Å²) < 4.78 is 4.05. The summed E-state index contributed by atoms with van der Waals surface area (Å²) >= 11 is 0. The fourth-order valence-corrected chi connectivity index (χ4v) is 0.102. The monoisotopic (exact) mass is 130 g/mol. The van der Waals surface area contributed by atoms with E-state index in [0.29, 0.717) is 0 Å². The minimum Gasteiger partial charge on any atom is -0.778 e. The molecule has 0 aromatic heterocycles. The van der Waals surface area contributed by atoms with E-state index >= 15 is 0 Å². The van der Waals surface area contributed by atoms with Crippen LogP contribution in [0, 0.1) is 0 Å². The van der Waals surface area contributed by atoms with Crippen LogP contribution in [-0.2, 0) is 14.5 Å². The van der Waals surface area contributed by atoms with Gasteiger partial charge in [-0.3, -0.25) is 0 Å². The summed E-state index contributed by atoms with van der Waals surface area (Å²) in [5, 5.41) is 9.92. The molecule has 0 unspecified atom stereocenters. The van der Waals surface area contributed by atoms with E-state index in [4.69, 9.17) is 0 Å². The largest absolute Gasteiger partial charge is 1.00 e. The molecule has 1 rings (SSSR count). The van der Waals surface area contributed by atoms with Gasteiger partial charge < -0.3 is 9.84 Å². The molecule has 0 amide bonds. The molecule has 0 atom stereocenters. The van der Waals surface area contributed by atoms with E-state index in [1.807, 2.05) is 0 Å². The third kappa shape index (κ3) is 2.50. The zero-order valence-corrected chi connectivity index (χ0v) is 7.26. The summed E-state index contributed by atoms with van der Waals surface area (Å²) in [5.74, 6) is 0. The van der Waals surface area contributed by atoms with Gasteiger partial charge >= 0.3 is 51.4 Å². The van der Waals surface area contributed by atoms with Gasteiger partial charge in [0, 0.05) is 7.11 Å². The molecule has 0 aliphatic carbocycles. The normalized spacial score (nSPS) is 23.1. The van der Waals surface area contributed by atoms with Gasteiger partial charge in [-0.05, 0) is 0 Å². The van der Waals surface area contributed by atoms with Crippen LogP contribution in [0.25, 0.3) is 0 Å². The predicted molar refractivity (Wildman–Crippen MR) is 11.9 cm³/mol. The molecule has 1 fully saturated rings. The van der Waals surface area contributed by atoms with E-state index in [2.05, 4.69) is 14.5 Å². The van der Waals surface area contributed by atoms with Gasteiger partial charge in [0.2, 0.25) is 0 Å². The van der Waals surface area contributed by atoms with Crippen molar-refractivity contribution in [2.45, 2.75) is 6.16 Å². The number of hydrogen-bond acceptors (Lipinski definition) is 4. The first-order chi connectivity index (χ1) is 2.77. The Morgan fingerprint density at radius 2 is 2.00 bits per heavy atom. The molecule has 36 valence electrons. The molecule has 0 saturated carbocycles. The van der Waals surface area contributed by atoms with E-state index < -0.39 is 6.16 Å². The standard InChI is InChI=1S/C2H3O4.K/c1-4-2(3)5-6-2;/h1H3;/q-1;+1. The Morgan fingerprint density at radius 3 is 2.00 bits per heavy atom. The van der Waals surface area contributed by atoms with Gasteiger partial charge in [0.05, 0.1) is 0 Å². The maximum Gasteiger partial charge on any atom is 1.00 e. The Hall–Kier alpha value is 1.48. The Bertz CT molecular complexity index is 60.7. The molecule has 4 nitrogen and oxygen atoms in total. The summed E-state index contributed by atoms with van der Waals surface area (Å²) in [6.45, 7) is 0. The molecule has 0 spiro atoms. The third-order valence-electron chi connectivity index (χ3n) is 0.469. The van der Waals surface area contributed by atoms with Gasteiger partial charge in [0.25, 0.3) is 6.16 Å². The zero-order valence-electron chi connectivity index (χ0n) is 4.13. The van der Waals surface area contributed by atoms with Crippen LogP contribution in [-0.4, -0.2) is 13.3 Å². The Morgan fingerprint density at radius 1 is 1.57 bits per heavy atom. The number of hydrogen-bond donors (Lipinski definition) is 0. The van der Waals surface area contributed by atoms with E-state index in [1.54, 1.807) is 0 Å². The van der Waals surface area contributed by atoms with Gasteiger partial charge in [-0.2, -0.15) is 9.78 Å². The fourth-order valence-electron chi connectivity index (χ4n) is 0.102. The molecular weight excluding hydrogens is 127 g/mol. The van der Waals surface area contributed by atoms with Gasteiger partial charge in [-0.25, -0.2) is 0 Å². The van der Waals surface area contributed by atoms with Crippen LogP contribution in [0.1, 0.15) is 0 Å². The molecule has 0 aromatic carbocycles. The Balaban J connectivity index is 0.000000360. The minimum atomic E-state index is -1.96. The second kappa shape index (κ2) is 2.86. The minimum absolute atomic E-state index is 0. The summed E-state index contributed by atoms with van der Waals surface area (Å²) in [7, 11) is 1.21.